The van der Waals surface area contributed by atoms with Gasteiger partial charge in [-0.2, -0.15) is 0 Å². The average molecular weight is 281 g/mol. The molecule has 4 nitrogen and oxygen atoms in total. The Bertz CT molecular complexity index is 612. The fourth-order valence-electron chi connectivity index (χ4n) is 2.69. The lowest BCUT2D eigenvalue weighted by atomic mass is 10.2. The fraction of sp³-hybridized carbons (Fsp3) is 0.294. The second-order valence-electron chi connectivity index (χ2n) is 5.28. The maximum absolute atomic E-state index is 11.9. The third-order valence-electron chi connectivity index (χ3n) is 3.80. The van der Waals surface area contributed by atoms with Crippen molar-refractivity contribution in [2.24, 2.45) is 0 Å². The highest BCUT2D eigenvalue weighted by molar-refractivity contribution is 5.78. The number of aromatic nitrogens is 1. The Balaban J connectivity index is 1.47. The molecule has 0 aliphatic heterocycles. The van der Waals surface area contributed by atoms with Gasteiger partial charge in [0.25, 0.3) is 0 Å². The van der Waals surface area contributed by atoms with Crippen molar-refractivity contribution in [3.63, 3.8) is 0 Å². The van der Waals surface area contributed by atoms with Gasteiger partial charge in [0.2, 0.25) is 5.91 Å². The van der Waals surface area contributed by atoms with E-state index in [0.717, 1.165) is 24.1 Å². The van der Waals surface area contributed by atoms with Crippen LogP contribution in [0.25, 0.3) is 0 Å². The van der Waals surface area contributed by atoms with Crippen LogP contribution >= 0.6 is 0 Å². The first-order valence-electron chi connectivity index (χ1n) is 7.31. The molecule has 1 amide bonds. The van der Waals surface area contributed by atoms with Crippen LogP contribution in [0, 0.1) is 0 Å². The van der Waals surface area contributed by atoms with Gasteiger partial charge in [-0.05, 0) is 30.0 Å². The Hall–Kier alpha value is -2.20. The number of rotatable bonds is 5. The summed E-state index contributed by atoms with van der Waals surface area (Å²) in [5.74, 6) is 0.0169. The van der Waals surface area contributed by atoms with Crippen molar-refractivity contribution in [3.05, 3.63) is 65.5 Å². The van der Waals surface area contributed by atoms with Crippen LogP contribution in [0.5, 0.6) is 0 Å². The van der Waals surface area contributed by atoms with Crippen molar-refractivity contribution in [2.75, 3.05) is 6.54 Å². The number of aryl methyl sites for hydroxylation is 1. The van der Waals surface area contributed by atoms with Crippen LogP contribution < -0.4 is 10.6 Å². The molecule has 2 aromatic rings. The van der Waals surface area contributed by atoms with Crippen LogP contribution in [0.1, 0.15) is 29.3 Å². The van der Waals surface area contributed by atoms with E-state index in [0.29, 0.717) is 13.1 Å². The maximum atomic E-state index is 11.9. The van der Waals surface area contributed by atoms with E-state index in [1.54, 1.807) is 0 Å². The lowest BCUT2D eigenvalue weighted by Gasteiger charge is -2.13. The normalized spacial score (nSPS) is 16.5. The Morgan fingerprint density at radius 3 is 2.90 bits per heavy atom. The number of amides is 1. The van der Waals surface area contributed by atoms with Gasteiger partial charge in [0.05, 0.1) is 18.3 Å². The summed E-state index contributed by atoms with van der Waals surface area (Å²) in [4.78, 5) is 16.3. The minimum atomic E-state index is 0.0169. The van der Waals surface area contributed by atoms with E-state index >= 15 is 0 Å². The van der Waals surface area contributed by atoms with Crippen LogP contribution in [0.4, 0.5) is 0 Å². The summed E-state index contributed by atoms with van der Waals surface area (Å²) in [6.07, 6.45) is 3.86. The molecule has 1 aromatic carbocycles. The van der Waals surface area contributed by atoms with Crippen LogP contribution in [0.15, 0.2) is 48.7 Å². The molecule has 4 heteroatoms. The second kappa shape index (κ2) is 6.50. The first-order chi connectivity index (χ1) is 10.3. The minimum absolute atomic E-state index is 0.0169. The summed E-state index contributed by atoms with van der Waals surface area (Å²) in [6.45, 7) is 0.897. The van der Waals surface area contributed by atoms with Crippen LogP contribution in [-0.2, 0) is 17.8 Å². The lowest BCUT2D eigenvalue weighted by Crippen LogP contribution is -2.35. The summed E-state index contributed by atoms with van der Waals surface area (Å²) in [6, 6.07) is 14.2. The molecule has 0 radical (unpaired) electrons. The van der Waals surface area contributed by atoms with E-state index in [2.05, 4.69) is 21.7 Å². The second-order valence-corrected chi connectivity index (χ2v) is 5.28. The van der Waals surface area contributed by atoms with E-state index in [4.69, 9.17) is 0 Å². The minimum Gasteiger partial charge on any atom is -0.351 e. The number of benzene rings is 1. The van der Waals surface area contributed by atoms with E-state index in [1.165, 1.54) is 5.56 Å². The molecule has 0 fully saturated rings. The molecule has 0 saturated carbocycles. The maximum Gasteiger partial charge on any atom is 0.234 e. The highest BCUT2D eigenvalue weighted by Gasteiger charge is 2.23. The number of nitrogens with zero attached hydrogens (tertiary/aromatic N) is 1. The molecule has 1 heterocycles. The van der Waals surface area contributed by atoms with Gasteiger partial charge in [0.1, 0.15) is 0 Å². The molecular formula is C17H19N3O. The fourth-order valence-corrected chi connectivity index (χ4v) is 2.69. The number of carbonyl (C=O) groups is 1. The Labute approximate surface area is 124 Å². The highest BCUT2D eigenvalue weighted by Crippen LogP contribution is 2.28. The van der Waals surface area contributed by atoms with Crippen molar-refractivity contribution in [1.82, 2.24) is 15.6 Å². The molecule has 2 N–H and O–H groups in total. The van der Waals surface area contributed by atoms with Crippen molar-refractivity contribution in [3.8, 4) is 0 Å². The first-order valence-corrected chi connectivity index (χ1v) is 7.31. The smallest absolute Gasteiger partial charge is 0.234 e. The molecule has 1 aliphatic carbocycles. The van der Waals surface area contributed by atoms with E-state index in [-0.39, 0.29) is 11.9 Å². The highest BCUT2D eigenvalue weighted by atomic mass is 16.1. The summed E-state index contributed by atoms with van der Waals surface area (Å²) in [5.41, 5.74) is 3.49. The molecule has 0 bridgehead atoms. The molecule has 1 aliphatic rings. The number of carbonyl (C=O) groups excluding carboxylic acids is 1. The standard InChI is InChI=1S/C17H19N3O/c21-16(20-11-13-5-2-1-3-6-13)12-19-15-9-8-14-7-4-10-18-17(14)15/h1-7,10,15,19H,8-9,11-12H2,(H,20,21). The monoisotopic (exact) mass is 281 g/mol. The van der Waals surface area contributed by atoms with Gasteiger partial charge in [0, 0.05) is 12.7 Å². The third-order valence-corrected chi connectivity index (χ3v) is 3.80. The van der Waals surface area contributed by atoms with Crippen molar-refractivity contribution >= 4 is 5.91 Å². The molecule has 1 aromatic heterocycles. The Morgan fingerprint density at radius 2 is 2.05 bits per heavy atom. The van der Waals surface area contributed by atoms with Crippen LogP contribution in [-0.4, -0.2) is 17.4 Å². The van der Waals surface area contributed by atoms with Gasteiger partial charge in [-0.3, -0.25) is 9.78 Å². The summed E-state index contributed by atoms with van der Waals surface area (Å²) in [5, 5.41) is 6.22. The molecule has 3 rings (SSSR count). The first kappa shape index (κ1) is 13.8. The average Bonchev–Trinajstić information content (AvgIpc) is 2.95. The largest absolute Gasteiger partial charge is 0.351 e. The van der Waals surface area contributed by atoms with Gasteiger partial charge < -0.3 is 10.6 Å². The summed E-state index contributed by atoms with van der Waals surface area (Å²) >= 11 is 0. The molecule has 1 atom stereocenters. The van der Waals surface area contributed by atoms with Crippen LogP contribution in [0.3, 0.4) is 0 Å². The Kier molecular flexibility index (Phi) is 4.26. The number of hydrogen-bond donors (Lipinski definition) is 2. The zero-order chi connectivity index (χ0) is 14.5. The van der Waals surface area contributed by atoms with Gasteiger partial charge in [-0.1, -0.05) is 36.4 Å². The molecule has 1 unspecified atom stereocenters. The van der Waals surface area contributed by atoms with Crippen molar-refractivity contribution in [2.45, 2.75) is 25.4 Å². The number of fused-ring (bicyclic) bond motifs is 1. The number of pyridine rings is 1. The quantitative estimate of drug-likeness (QED) is 0.881. The third kappa shape index (κ3) is 3.47. The van der Waals surface area contributed by atoms with Gasteiger partial charge >= 0.3 is 0 Å². The predicted octanol–water partition coefficient (Wildman–Crippen LogP) is 1.97. The molecule has 0 spiro atoms. The van der Waals surface area contributed by atoms with E-state index < -0.39 is 0 Å². The molecule has 0 saturated heterocycles. The molecule has 108 valence electrons. The predicted molar refractivity (Wildman–Crippen MR) is 81.6 cm³/mol. The van der Waals surface area contributed by atoms with Crippen molar-refractivity contribution < 1.29 is 4.79 Å². The van der Waals surface area contributed by atoms with E-state index in [1.807, 2.05) is 42.6 Å². The number of hydrogen-bond acceptors (Lipinski definition) is 3. The molecule has 21 heavy (non-hydrogen) atoms. The van der Waals surface area contributed by atoms with E-state index in [9.17, 15) is 4.79 Å². The SMILES string of the molecule is O=C(CNC1CCc2cccnc21)NCc1ccccc1. The van der Waals surface area contributed by atoms with Crippen molar-refractivity contribution in [1.29, 1.82) is 0 Å². The van der Waals surface area contributed by atoms with Gasteiger partial charge in [0.15, 0.2) is 0 Å². The van der Waals surface area contributed by atoms with Crippen LogP contribution in [0.2, 0.25) is 0 Å². The topological polar surface area (TPSA) is 54.0 Å². The lowest BCUT2D eigenvalue weighted by molar-refractivity contribution is -0.120. The van der Waals surface area contributed by atoms with Gasteiger partial charge in [-0.15, -0.1) is 0 Å². The Morgan fingerprint density at radius 1 is 1.19 bits per heavy atom. The summed E-state index contributed by atoms with van der Waals surface area (Å²) in [7, 11) is 0. The zero-order valence-corrected chi connectivity index (χ0v) is 11.9. The number of nitrogens with one attached hydrogen (secondary N) is 2. The summed E-state index contributed by atoms with van der Waals surface area (Å²) < 4.78 is 0. The molecular weight excluding hydrogens is 262 g/mol. The van der Waals surface area contributed by atoms with Gasteiger partial charge in [-0.25, -0.2) is 0 Å². The zero-order valence-electron chi connectivity index (χ0n) is 11.9.